The van der Waals surface area contributed by atoms with E-state index in [2.05, 4.69) is 9.84 Å². The lowest BCUT2D eigenvalue weighted by atomic mass is 10.3. The zero-order valence-electron chi connectivity index (χ0n) is 11.4. The van der Waals surface area contributed by atoms with Gasteiger partial charge in [0.15, 0.2) is 11.6 Å². The number of ether oxygens (including phenoxy) is 1. The largest absolute Gasteiger partial charge is 0.478 e. The molecule has 1 unspecified atom stereocenters. The van der Waals surface area contributed by atoms with Crippen molar-refractivity contribution in [2.24, 2.45) is 0 Å². The number of amides is 1. The predicted octanol–water partition coefficient (Wildman–Crippen LogP) is 2.00. The number of benzene rings is 1. The number of carboxylic acid groups (broad SMARTS) is 1. The topological polar surface area (TPSA) is 93.5 Å². The maximum absolute atomic E-state index is 13.4. The molecule has 0 saturated carbocycles. The third kappa shape index (κ3) is 4.22. The summed E-state index contributed by atoms with van der Waals surface area (Å²) in [4.78, 5) is 22.6. The van der Waals surface area contributed by atoms with Crippen LogP contribution < -0.4 is 5.32 Å². The van der Waals surface area contributed by atoms with Gasteiger partial charge in [-0.2, -0.15) is 5.10 Å². The van der Waals surface area contributed by atoms with E-state index in [-0.39, 0.29) is 6.54 Å². The van der Waals surface area contributed by atoms with E-state index in [4.69, 9.17) is 5.11 Å². The van der Waals surface area contributed by atoms with Gasteiger partial charge >= 0.3 is 12.1 Å². The first-order valence-corrected chi connectivity index (χ1v) is 6.19. The molecule has 1 atom stereocenters. The molecule has 0 saturated heterocycles. The van der Waals surface area contributed by atoms with Crippen LogP contribution in [0, 0.1) is 17.5 Å². The molecule has 0 fully saturated rings. The SMILES string of the molecule is O=C(Nc1c(F)cc(F)cc1F)OC(Cn1cccn1)C(=O)O. The fraction of sp³-hybridized carbons (Fsp3) is 0.154. The van der Waals surface area contributed by atoms with Gasteiger partial charge in [0, 0.05) is 24.5 Å². The highest BCUT2D eigenvalue weighted by Crippen LogP contribution is 2.20. The number of nitrogens with zero attached hydrogens (tertiary/aromatic N) is 2. The van der Waals surface area contributed by atoms with Crippen LogP contribution in [0.5, 0.6) is 0 Å². The van der Waals surface area contributed by atoms with Gasteiger partial charge < -0.3 is 9.84 Å². The minimum atomic E-state index is -1.64. The number of hydrogen-bond acceptors (Lipinski definition) is 4. The zero-order valence-corrected chi connectivity index (χ0v) is 11.4. The van der Waals surface area contributed by atoms with Crippen molar-refractivity contribution in [1.29, 1.82) is 0 Å². The molecule has 7 nitrogen and oxygen atoms in total. The average Bonchev–Trinajstić information content (AvgIpc) is 2.95. The number of carboxylic acids is 1. The van der Waals surface area contributed by atoms with Gasteiger partial charge in [0.2, 0.25) is 6.10 Å². The molecule has 2 N–H and O–H groups in total. The van der Waals surface area contributed by atoms with E-state index >= 15 is 0 Å². The van der Waals surface area contributed by atoms with E-state index in [1.54, 1.807) is 5.32 Å². The van der Waals surface area contributed by atoms with E-state index in [0.717, 1.165) is 0 Å². The van der Waals surface area contributed by atoms with Crippen LogP contribution in [0.4, 0.5) is 23.7 Å². The zero-order chi connectivity index (χ0) is 17.0. The molecule has 122 valence electrons. The summed E-state index contributed by atoms with van der Waals surface area (Å²) >= 11 is 0. The first-order chi connectivity index (χ1) is 10.9. The number of halogens is 3. The molecule has 10 heteroatoms. The summed E-state index contributed by atoms with van der Waals surface area (Å²) in [7, 11) is 0. The van der Waals surface area contributed by atoms with Crippen molar-refractivity contribution in [3.8, 4) is 0 Å². The second-order valence-corrected chi connectivity index (χ2v) is 4.33. The Morgan fingerprint density at radius 2 is 1.96 bits per heavy atom. The van der Waals surface area contributed by atoms with Gasteiger partial charge in [0.1, 0.15) is 11.5 Å². The summed E-state index contributed by atoms with van der Waals surface area (Å²) < 4.78 is 45.3. The molecular formula is C13H10F3N3O4. The third-order valence-electron chi connectivity index (χ3n) is 2.67. The number of anilines is 1. The molecule has 23 heavy (non-hydrogen) atoms. The maximum Gasteiger partial charge on any atom is 0.412 e. The number of rotatable bonds is 5. The van der Waals surface area contributed by atoms with Crippen molar-refractivity contribution in [2.45, 2.75) is 12.6 Å². The van der Waals surface area contributed by atoms with E-state index < -0.39 is 41.3 Å². The van der Waals surface area contributed by atoms with Crippen molar-refractivity contribution < 1.29 is 32.6 Å². The van der Waals surface area contributed by atoms with Crippen LogP contribution >= 0.6 is 0 Å². The first-order valence-electron chi connectivity index (χ1n) is 6.19. The van der Waals surface area contributed by atoms with Gasteiger partial charge in [-0.25, -0.2) is 22.8 Å². The summed E-state index contributed by atoms with van der Waals surface area (Å²) in [5, 5.41) is 14.4. The lowest BCUT2D eigenvalue weighted by Gasteiger charge is -2.15. The van der Waals surface area contributed by atoms with Crippen molar-refractivity contribution in [2.75, 3.05) is 5.32 Å². The number of nitrogens with one attached hydrogen (secondary N) is 1. The van der Waals surface area contributed by atoms with Crippen molar-refractivity contribution >= 4 is 17.7 Å². The number of carbonyl (C=O) groups is 2. The normalized spacial score (nSPS) is 11.8. The lowest BCUT2D eigenvalue weighted by Crippen LogP contribution is -2.33. The van der Waals surface area contributed by atoms with Crippen LogP contribution in [0.25, 0.3) is 0 Å². The summed E-state index contributed by atoms with van der Waals surface area (Å²) in [5.41, 5.74) is -0.945. The van der Waals surface area contributed by atoms with Gasteiger partial charge in [-0.15, -0.1) is 0 Å². The Balaban J connectivity index is 2.06. The van der Waals surface area contributed by atoms with Gasteiger partial charge in [-0.05, 0) is 6.07 Å². The molecule has 0 spiro atoms. The van der Waals surface area contributed by atoms with E-state index in [1.807, 2.05) is 0 Å². The molecule has 2 rings (SSSR count). The highest BCUT2D eigenvalue weighted by Gasteiger charge is 2.24. The Kier molecular flexibility index (Phi) is 4.84. The molecular weight excluding hydrogens is 319 g/mol. The predicted molar refractivity (Wildman–Crippen MR) is 70.1 cm³/mol. The van der Waals surface area contributed by atoms with E-state index in [0.29, 0.717) is 12.1 Å². The molecule has 0 aliphatic rings. The Morgan fingerprint density at radius 3 is 2.48 bits per heavy atom. The summed E-state index contributed by atoms with van der Waals surface area (Å²) in [6.45, 7) is -0.301. The first kappa shape index (κ1) is 16.3. The van der Waals surface area contributed by atoms with Crippen LogP contribution in [0.3, 0.4) is 0 Å². The lowest BCUT2D eigenvalue weighted by molar-refractivity contribution is -0.147. The number of aliphatic carboxylic acids is 1. The van der Waals surface area contributed by atoms with Crippen LogP contribution in [0.2, 0.25) is 0 Å². The van der Waals surface area contributed by atoms with Crippen molar-refractivity contribution in [1.82, 2.24) is 9.78 Å². The molecule has 1 aromatic carbocycles. The summed E-state index contributed by atoms with van der Waals surface area (Å²) in [6, 6.07) is 2.25. The second-order valence-electron chi connectivity index (χ2n) is 4.33. The summed E-state index contributed by atoms with van der Waals surface area (Å²) in [6.07, 6.45) is -0.214. The molecule has 0 bridgehead atoms. The Bertz CT molecular complexity index is 698. The van der Waals surface area contributed by atoms with Crippen LogP contribution in [0.1, 0.15) is 0 Å². The van der Waals surface area contributed by atoms with E-state index in [9.17, 15) is 22.8 Å². The molecule has 1 amide bonds. The highest BCUT2D eigenvalue weighted by molar-refractivity contribution is 5.87. The van der Waals surface area contributed by atoms with E-state index in [1.165, 1.54) is 23.1 Å². The molecule has 0 radical (unpaired) electrons. The van der Waals surface area contributed by atoms with Crippen LogP contribution in [-0.2, 0) is 16.1 Å². The summed E-state index contributed by atoms with van der Waals surface area (Å²) in [5.74, 6) is -5.37. The quantitative estimate of drug-likeness (QED) is 0.875. The minimum Gasteiger partial charge on any atom is -0.478 e. The van der Waals surface area contributed by atoms with Crippen LogP contribution in [-0.4, -0.2) is 33.1 Å². The number of hydrogen-bond donors (Lipinski definition) is 2. The minimum absolute atomic E-state index is 0.301. The molecule has 1 heterocycles. The molecule has 0 aliphatic carbocycles. The number of carbonyl (C=O) groups excluding carboxylic acids is 1. The Hall–Kier alpha value is -3.04. The standard InChI is InChI=1S/C13H10F3N3O4/c14-7-4-8(15)11(9(16)5-7)18-13(22)23-10(12(20)21)6-19-3-1-2-17-19/h1-5,10H,6H2,(H,18,22)(H,20,21). The van der Waals surface area contributed by atoms with Gasteiger partial charge in [-0.1, -0.05) is 0 Å². The van der Waals surface area contributed by atoms with Gasteiger partial charge in [-0.3, -0.25) is 10.00 Å². The average molecular weight is 329 g/mol. The fourth-order valence-corrected chi connectivity index (χ4v) is 1.67. The van der Waals surface area contributed by atoms with Crippen molar-refractivity contribution in [3.63, 3.8) is 0 Å². The second kappa shape index (κ2) is 6.81. The monoisotopic (exact) mass is 329 g/mol. The molecule has 2 aromatic rings. The van der Waals surface area contributed by atoms with Crippen LogP contribution in [0.15, 0.2) is 30.6 Å². The maximum atomic E-state index is 13.4. The van der Waals surface area contributed by atoms with Crippen molar-refractivity contribution in [3.05, 3.63) is 48.0 Å². The van der Waals surface area contributed by atoms with Gasteiger partial charge in [0.05, 0.1) is 6.54 Å². The Morgan fingerprint density at radius 1 is 1.30 bits per heavy atom. The molecule has 0 aliphatic heterocycles. The fourth-order valence-electron chi connectivity index (χ4n) is 1.67. The number of aromatic nitrogens is 2. The van der Waals surface area contributed by atoms with Gasteiger partial charge in [0.25, 0.3) is 0 Å². The third-order valence-corrected chi connectivity index (χ3v) is 2.67. The molecule has 1 aromatic heterocycles. The smallest absolute Gasteiger partial charge is 0.412 e. The highest BCUT2D eigenvalue weighted by atomic mass is 19.1. The Labute approximate surface area is 127 Å².